The van der Waals surface area contributed by atoms with E-state index in [1.165, 1.54) is 0 Å². The predicted molar refractivity (Wildman–Crippen MR) is 36.9 cm³/mol. The first-order chi connectivity index (χ1) is 9.19. The Morgan fingerprint density at radius 2 is 0.818 bits per heavy atom. The molecule has 0 amide bonds. The lowest BCUT2D eigenvalue weighted by atomic mass is 9.83. The highest BCUT2D eigenvalue weighted by molar-refractivity contribution is 5.81. The fourth-order valence-electron chi connectivity index (χ4n) is 1.17. The van der Waals surface area contributed by atoms with E-state index in [9.17, 15) is 66.3 Å². The molecule has 0 aromatic heterocycles. The Kier molecular flexibility index (Phi) is 4.55. The van der Waals surface area contributed by atoms with Gasteiger partial charge in [0.15, 0.2) is 0 Å². The molecular weight excluding hydrogens is 366 g/mol. The minimum absolute atomic E-state index is 4.99. The van der Waals surface area contributed by atoms with Crippen molar-refractivity contribution in [3.05, 3.63) is 0 Å². The Labute approximate surface area is 109 Å². The highest BCUT2D eigenvalue weighted by Crippen LogP contribution is 2.61. The molecule has 0 bridgehead atoms. The van der Waals surface area contributed by atoms with Crippen LogP contribution in [0.15, 0.2) is 0 Å². The van der Waals surface area contributed by atoms with Crippen LogP contribution in [-0.2, 0) is 4.79 Å². The van der Waals surface area contributed by atoms with Crippen molar-refractivity contribution in [1.29, 1.82) is 0 Å². The number of rotatable bonds is 3. The molecule has 1 unspecified atom stereocenters. The molecule has 1 atom stereocenters. The van der Waals surface area contributed by atoms with Crippen molar-refractivity contribution in [2.45, 2.75) is 35.8 Å². The molecule has 0 heterocycles. The van der Waals surface area contributed by atoms with Gasteiger partial charge < -0.3 is 0 Å². The summed E-state index contributed by atoms with van der Waals surface area (Å²) in [6, 6.07) is -4.99. The van der Waals surface area contributed by atoms with Gasteiger partial charge in [-0.25, -0.2) is 8.78 Å². The lowest BCUT2D eigenvalue weighted by molar-refractivity contribution is -0.429. The largest absolute Gasteiger partial charge is 0.439 e. The minimum atomic E-state index is -8.25. The number of alkyl halides is 13. The fourth-order valence-corrected chi connectivity index (χ4v) is 1.17. The van der Waals surface area contributed by atoms with E-state index < -0.39 is 41.8 Å². The monoisotopic (exact) mass is 366 g/mol. The van der Waals surface area contributed by atoms with E-state index in [0.717, 1.165) is 0 Å². The molecule has 132 valence electrons. The summed E-state index contributed by atoms with van der Waals surface area (Å²) in [5, 5.41) is 0. The number of carbonyl (C=O) groups excluding carboxylic acids is 1. The molecule has 0 N–H and O–H groups in total. The van der Waals surface area contributed by atoms with E-state index in [4.69, 9.17) is 0 Å². The van der Waals surface area contributed by atoms with Crippen LogP contribution in [0.2, 0.25) is 0 Å². The fraction of sp³-hybridized carbons (Fsp3) is 0.857. The van der Waals surface area contributed by atoms with Gasteiger partial charge in [-0.3, -0.25) is 4.79 Å². The van der Waals surface area contributed by atoms with E-state index >= 15 is 0 Å². The summed E-state index contributed by atoms with van der Waals surface area (Å²) in [4.78, 5) is 9.72. The van der Waals surface area contributed by atoms with Gasteiger partial charge in [0.1, 0.15) is 0 Å². The summed E-state index contributed by atoms with van der Waals surface area (Å²) >= 11 is 0. The Morgan fingerprint density at radius 3 is 0.955 bits per heavy atom. The van der Waals surface area contributed by atoms with Crippen molar-refractivity contribution in [3.8, 4) is 0 Å². The lowest BCUT2D eigenvalue weighted by Gasteiger charge is -2.41. The minimum Gasteiger partial charge on any atom is -0.257 e. The van der Waals surface area contributed by atoms with Gasteiger partial charge in [0.05, 0.1) is 0 Å². The number of hydrogen-bond acceptors (Lipinski definition) is 1. The quantitative estimate of drug-likeness (QED) is 0.540. The van der Waals surface area contributed by atoms with Gasteiger partial charge in [-0.1, -0.05) is 0 Å². The molecule has 15 heteroatoms. The smallest absolute Gasteiger partial charge is 0.257 e. The average Bonchev–Trinajstić information content (AvgIpc) is 2.20. The summed E-state index contributed by atoms with van der Waals surface area (Å²) in [6.07, 6.45) is -23.4. The van der Waals surface area contributed by atoms with Gasteiger partial charge in [0.25, 0.3) is 0 Å². The third-order valence-corrected chi connectivity index (χ3v) is 2.31. The van der Waals surface area contributed by atoms with Gasteiger partial charge in [-0.15, -0.1) is 0 Å². The first-order valence-electron chi connectivity index (χ1n) is 4.35. The zero-order valence-corrected chi connectivity index (χ0v) is 9.20. The Hall–Kier alpha value is -1.31. The molecular formula is C7F14O. The van der Waals surface area contributed by atoms with Gasteiger partial charge in [0.2, 0.25) is 0 Å². The third-order valence-electron chi connectivity index (χ3n) is 2.31. The molecule has 0 saturated heterocycles. The number of halogens is 14. The van der Waals surface area contributed by atoms with E-state index in [0.29, 0.717) is 0 Å². The van der Waals surface area contributed by atoms with Crippen molar-refractivity contribution in [1.82, 2.24) is 0 Å². The van der Waals surface area contributed by atoms with Crippen LogP contribution in [0, 0.1) is 0 Å². The molecule has 0 aliphatic rings. The summed E-state index contributed by atoms with van der Waals surface area (Å²) < 4.78 is 171. The molecule has 0 aliphatic heterocycles. The van der Waals surface area contributed by atoms with Crippen LogP contribution in [0.4, 0.5) is 61.5 Å². The molecule has 0 spiro atoms. The van der Waals surface area contributed by atoms with Gasteiger partial charge in [-0.2, -0.15) is 52.7 Å². The van der Waals surface area contributed by atoms with Gasteiger partial charge in [0, 0.05) is 0 Å². The molecule has 0 aromatic rings. The highest BCUT2D eigenvalue weighted by atomic mass is 19.4. The molecule has 0 aliphatic carbocycles. The molecule has 0 aromatic carbocycles. The topological polar surface area (TPSA) is 17.1 Å². The SMILES string of the molecule is O=C(F)C(F)(C(F)(F)F)C(F)(F)C(F)(C(F)(F)F)C(F)(F)F. The Morgan fingerprint density at radius 1 is 0.545 bits per heavy atom. The number of carbonyl (C=O) groups is 1. The molecule has 0 fully saturated rings. The van der Waals surface area contributed by atoms with Crippen molar-refractivity contribution >= 4 is 6.04 Å². The van der Waals surface area contributed by atoms with Crippen LogP contribution in [0.5, 0.6) is 0 Å². The van der Waals surface area contributed by atoms with Gasteiger partial charge >= 0.3 is 41.8 Å². The third kappa shape index (κ3) is 2.37. The van der Waals surface area contributed by atoms with Crippen LogP contribution < -0.4 is 0 Å². The molecule has 0 saturated carbocycles. The second kappa shape index (κ2) is 4.84. The highest BCUT2D eigenvalue weighted by Gasteiger charge is 2.95. The zero-order chi connectivity index (χ0) is 18.6. The van der Waals surface area contributed by atoms with Crippen molar-refractivity contribution in [2.75, 3.05) is 0 Å². The second-order valence-electron chi connectivity index (χ2n) is 3.66. The van der Waals surface area contributed by atoms with Crippen molar-refractivity contribution in [3.63, 3.8) is 0 Å². The molecule has 1 nitrogen and oxygen atoms in total. The maximum atomic E-state index is 12.9. The second-order valence-corrected chi connectivity index (χ2v) is 3.66. The van der Waals surface area contributed by atoms with Crippen LogP contribution in [-0.4, -0.2) is 41.8 Å². The zero-order valence-electron chi connectivity index (χ0n) is 9.20. The van der Waals surface area contributed by atoms with Crippen LogP contribution >= 0.6 is 0 Å². The summed E-state index contributed by atoms with van der Waals surface area (Å²) in [7, 11) is 0. The van der Waals surface area contributed by atoms with Crippen LogP contribution in [0.25, 0.3) is 0 Å². The van der Waals surface area contributed by atoms with Crippen molar-refractivity contribution in [2.24, 2.45) is 0 Å². The van der Waals surface area contributed by atoms with Crippen molar-refractivity contribution < 1.29 is 66.3 Å². The number of hydrogen-bond donors (Lipinski definition) is 0. The summed E-state index contributed by atoms with van der Waals surface area (Å²) in [5.41, 5.74) is -15.9. The maximum Gasteiger partial charge on any atom is 0.439 e. The molecule has 0 rings (SSSR count). The van der Waals surface area contributed by atoms with Gasteiger partial charge in [-0.05, 0) is 0 Å². The normalized spacial score (nSPS) is 18.1. The first kappa shape index (κ1) is 20.7. The Balaban J connectivity index is 6.80. The van der Waals surface area contributed by atoms with E-state index in [2.05, 4.69) is 0 Å². The lowest BCUT2D eigenvalue weighted by Crippen LogP contribution is -2.75. The van der Waals surface area contributed by atoms with E-state index in [1.807, 2.05) is 0 Å². The first-order valence-corrected chi connectivity index (χ1v) is 4.35. The predicted octanol–water partition coefficient (Wildman–Crippen LogP) is 4.22. The summed E-state index contributed by atoms with van der Waals surface area (Å²) in [6.45, 7) is 0. The van der Waals surface area contributed by atoms with E-state index in [-0.39, 0.29) is 0 Å². The van der Waals surface area contributed by atoms with Crippen LogP contribution in [0.1, 0.15) is 0 Å². The van der Waals surface area contributed by atoms with E-state index in [1.54, 1.807) is 0 Å². The average molecular weight is 366 g/mol. The maximum absolute atomic E-state index is 12.9. The summed E-state index contributed by atoms with van der Waals surface area (Å²) in [5.74, 6) is -8.25. The Bertz CT molecular complexity index is 426. The standard InChI is InChI=1S/C7F14O/c8-1(22)2(9,5(13,14)15)4(11,12)3(10,6(16,17)18)7(19,20)21. The molecule has 22 heavy (non-hydrogen) atoms. The van der Waals surface area contributed by atoms with Crippen LogP contribution in [0.3, 0.4) is 0 Å². The molecule has 0 radical (unpaired) electrons.